The molecule has 0 spiro atoms. The van der Waals surface area contributed by atoms with Crippen LogP contribution in [-0.4, -0.2) is 32.4 Å². The van der Waals surface area contributed by atoms with Crippen molar-refractivity contribution in [3.8, 4) is 0 Å². The zero-order valence-electron chi connectivity index (χ0n) is 15.2. The van der Waals surface area contributed by atoms with E-state index in [4.69, 9.17) is 0 Å². The molecule has 2 radical (unpaired) electrons. The third kappa shape index (κ3) is 3.02. The van der Waals surface area contributed by atoms with Crippen LogP contribution in [0.4, 0.5) is 0 Å². The lowest BCUT2D eigenvalue weighted by Gasteiger charge is -2.30. The fraction of sp³-hybridized carbons (Fsp3) is 0.750. The van der Waals surface area contributed by atoms with Crippen LogP contribution < -0.4 is 0 Å². The first-order valence-electron chi connectivity index (χ1n) is 8.33. The van der Waals surface area contributed by atoms with Gasteiger partial charge in [-0.1, -0.05) is 93.4 Å². The zero-order chi connectivity index (χ0) is 15.7. The second-order valence-corrected chi connectivity index (χ2v) is 17.4. The summed E-state index contributed by atoms with van der Waals surface area (Å²) in [7, 11) is -1.95. The lowest BCUT2D eigenvalue weighted by Crippen LogP contribution is -2.40. The fourth-order valence-corrected chi connectivity index (χ4v) is 19.7. The molecule has 1 heterocycles. The van der Waals surface area contributed by atoms with E-state index in [1.807, 2.05) is 20.7 Å². The summed E-state index contributed by atoms with van der Waals surface area (Å²) in [5.74, 6) is 0. The Hall–Kier alpha value is 0.196. The third-order valence-electron chi connectivity index (χ3n) is 4.89. The molecule has 0 nitrogen and oxygen atoms in total. The highest BCUT2D eigenvalue weighted by Gasteiger charge is 2.44. The van der Waals surface area contributed by atoms with Gasteiger partial charge in [0.25, 0.3) is 0 Å². The van der Waals surface area contributed by atoms with Crippen LogP contribution in [0, 0.1) is 0 Å². The molecule has 0 aromatic rings. The van der Waals surface area contributed by atoms with E-state index in [-0.39, 0.29) is 17.6 Å². The summed E-state index contributed by atoms with van der Waals surface area (Å²) < 4.78 is 0. The molecule has 20 heavy (non-hydrogen) atoms. The van der Waals surface area contributed by atoms with Crippen LogP contribution >= 0.6 is 0 Å². The molecule has 0 aromatic heterocycles. The molecule has 1 aliphatic heterocycles. The summed E-state index contributed by atoms with van der Waals surface area (Å²) in [6.45, 7) is 23.4. The molecule has 0 unspecified atom stereocenters. The molecule has 0 aromatic carbocycles. The first-order valence-corrected chi connectivity index (χ1v) is 16.3. The normalized spacial score (nSPS) is 18.8. The van der Waals surface area contributed by atoms with Crippen LogP contribution in [0.5, 0.6) is 0 Å². The molecule has 1 rings (SSSR count). The quantitative estimate of drug-likeness (QED) is 0.571. The van der Waals surface area contributed by atoms with E-state index in [1.54, 1.807) is 0 Å². The molecular weight excluding hydrogens is 287 g/mol. The summed E-state index contributed by atoms with van der Waals surface area (Å²) in [5, 5.41) is 0. The van der Waals surface area contributed by atoms with Crippen LogP contribution in [0.15, 0.2) is 20.7 Å². The van der Waals surface area contributed by atoms with E-state index in [0.717, 1.165) is 6.71 Å². The first kappa shape index (κ1) is 18.2. The minimum absolute atomic E-state index is 0.310. The Bertz CT molecular complexity index is 415. The van der Waals surface area contributed by atoms with Crippen molar-refractivity contribution in [2.45, 2.75) is 79.1 Å². The monoisotopic (exact) mass is 320 g/mol. The van der Waals surface area contributed by atoms with Gasteiger partial charge in [0.2, 0.25) is 0 Å². The Labute approximate surface area is 132 Å². The topological polar surface area (TPSA) is 0 Å². The van der Waals surface area contributed by atoms with Gasteiger partial charge in [0.05, 0.1) is 25.7 Å². The van der Waals surface area contributed by atoms with Crippen LogP contribution in [0.1, 0.15) is 27.2 Å². The molecular formula is C16H33BSi3. The van der Waals surface area contributed by atoms with Crippen molar-refractivity contribution in [1.82, 2.24) is 0 Å². The van der Waals surface area contributed by atoms with Gasteiger partial charge >= 0.3 is 0 Å². The largest absolute Gasteiger partial charge is 0.174 e. The van der Waals surface area contributed by atoms with E-state index in [1.165, 1.54) is 19.1 Å². The van der Waals surface area contributed by atoms with Crippen molar-refractivity contribution < 1.29 is 0 Å². The molecule has 4 heteroatoms. The van der Waals surface area contributed by atoms with Gasteiger partial charge in [-0.15, -0.1) is 0 Å². The van der Waals surface area contributed by atoms with Gasteiger partial charge in [0, 0.05) is 0 Å². The van der Waals surface area contributed by atoms with E-state index < -0.39 is 8.07 Å². The lowest BCUT2D eigenvalue weighted by molar-refractivity contribution is 1.13. The maximum Gasteiger partial charge on any atom is 0.174 e. The minimum atomic E-state index is -1.32. The third-order valence-corrected chi connectivity index (χ3v) is 17.3. The molecule has 0 fully saturated rings. The van der Waals surface area contributed by atoms with Crippen molar-refractivity contribution in [1.29, 1.82) is 0 Å². The first-order chi connectivity index (χ1) is 9.23. The minimum Gasteiger partial charge on any atom is -0.0938 e. The van der Waals surface area contributed by atoms with E-state index in [2.05, 4.69) is 60.1 Å². The second-order valence-electron chi connectivity index (χ2n) is 7.13. The Balaban J connectivity index is 3.59. The highest BCUT2D eigenvalue weighted by Crippen LogP contribution is 2.44. The SMILES string of the molecule is CCB(CC)C1=C([Si](C)C)[Si](C)(C)C([Si](C)C)=C1CC. The molecule has 112 valence electrons. The van der Waals surface area contributed by atoms with Crippen molar-refractivity contribution in [2.75, 3.05) is 0 Å². The van der Waals surface area contributed by atoms with E-state index in [0.29, 0.717) is 0 Å². The standard InChI is InChI=1S/C16H33BSi3/c1-10-13-14(17(11-2)12-3)16(19(6)7)20(8,9)15(13)18(4)5/h10-12H2,1-9H3. The van der Waals surface area contributed by atoms with Crippen LogP contribution in [0.25, 0.3) is 0 Å². The fourth-order valence-electron chi connectivity index (χ4n) is 4.46. The Kier molecular flexibility index (Phi) is 6.36. The second kappa shape index (κ2) is 6.97. The van der Waals surface area contributed by atoms with Crippen molar-refractivity contribution >= 4 is 32.4 Å². The van der Waals surface area contributed by atoms with Gasteiger partial charge in [-0.3, -0.25) is 0 Å². The predicted molar refractivity (Wildman–Crippen MR) is 104 cm³/mol. The van der Waals surface area contributed by atoms with Gasteiger partial charge in [-0.25, -0.2) is 0 Å². The highest BCUT2D eigenvalue weighted by molar-refractivity contribution is 7.12. The molecule has 0 saturated heterocycles. The van der Waals surface area contributed by atoms with Gasteiger partial charge < -0.3 is 0 Å². The number of hydrogen-bond donors (Lipinski definition) is 0. The average molecular weight is 321 g/mol. The number of hydrogen-bond acceptors (Lipinski definition) is 0. The van der Waals surface area contributed by atoms with Crippen molar-refractivity contribution in [3.05, 3.63) is 20.7 Å². The van der Waals surface area contributed by atoms with E-state index in [9.17, 15) is 0 Å². The smallest absolute Gasteiger partial charge is 0.0938 e. The van der Waals surface area contributed by atoms with Crippen LogP contribution in [0.3, 0.4) is 0 Å². The van der Waals surface area contributed by atoms with Gasteiger partial charge in [-0.05, 0) is 6.42 Å². The maximum absolute atomic E-state index is 2.65. The molecule has 0 atom stereocenters. The number of rotatable bonds is 6. The molecule has 1 aliphatic rings. The Morgan fingerprint density at radius 3 is 1.60 bits per heavy atom. The molecule has 0 bridgehead atoms. The predicted octanol–water partition coefficient (Wildman–Crippen LogP) is 5.45. The highest BCUT2D eigenvalue weighted by atomic mass is 28.4. The Morgan fingerprint density at radius 2 is 1.30 bits per heavy atom. The van der Waals surface area contributed by atoms with Gasteiger partial charge in [-0.2, -0.15) is 0 Å². The van der Waals surface area contributed by atoms with Crippen molar-refractivity contribution in [2.24, 2.45) is 0 Å². The number of allylic oxidation sites excluding steroid dienone is 2. The molecule has 0 amide bonds. The summed E-state index contributed by atoms with van der Waals surface area (Å²) >= 11 is 0. The summed E-state index contributed by atoms with van der Waals surface area (Å²) in [6, 6.07) is 0. The molecule has 0 aliphatic carbocycles. The summed E-state index contributed by atoms with van der Waals surface area (Å²) in [5.41, 5.74) is 3.70. The lowest BCUT2D eigenvalue weighted by atomic mass is 9.40. The van der Waals surface area contributed by atoms with Gasteiger partial charge in [0.15, 0.2) is 6.71 Å². The molecule has 0 N–H and O–H groups in total. The van der Waals surface area contributed by atoms with Crippen LogP contribution in [0.2, 0.25) is 51.9 Å². The van der Waals surface area contributed by atoms with Crippen LogP contribution in [-0.2, 0) is 0 Å². The summed E-state index contributed by atoms with van der Waals surface area (Å²) in [4.78, 5) is 3.97. The summed E-state index contributed by atoms with van der Waals surface area (Å²) in [6.07, 6.45) is 3.91. The van der Waals surface area contributed by atoms with E-state index >= 15 is 0 Å². The van der Waals surface area contributed by atoms with Gasteiger partial charge in [0.1, 0.15) is 0 Å². The zero-order valence-corrected chi connectivity index (χ0v) is 18.2. The Morgan fingerprint density at radius 1 is 0.850 bits per heavy atom. The molecule has 0 saturated carbocycles. The average Bonchev–Trinajstić information content (AvgIpc) is 2.58. The van der Waals surface area contributed by atoms with Crippen molar-refractivity contribution in [3.63, 3.8) is 0 Å². The maximum atomic E-state index is 2.65.